The molecule has 0 saturated heterocycles. The number of hydrogen-bond donors (Lipinski definition) is 0. The third-order valence-corrected chi connectivity index (χ3v) is 2.60. The minimum absolute atomic E-state index is 0.653. The van der Waals surface area contributed by atoms with Crippen LogP contribution in [0.15, 0.2) is 12.7 Å². The standard InChI is InChI=1S/C10H8F12O.C2H6/c1-2-3-23-4-6(12,8(14,15)16)5(11)7(13,9(17,18)19)10(20,21)22;1-2/h2,5H,1,3-4H2;1-2H3. The number of ether oxygens (including phenoxy) is 1. The van der Waals surface area contributed by atoms with Crippen LogP contribution in [0.1, 0.15) is 13.8 Å². The molecular formula is C12H14F12O. The highest BCUT2D eigenvalue weighted by Crippen LogP contribution is 2.55. The number of alkyl halides is 12. The molecule has 0 bridgehead atoms. The van der Waals surface area contributed by atoms with Crippen LogP contribution >= 0.6 is 0 Å². The van der Waals surface area contributed by atoms with Gasteiger partial charge in [0.1, 0.15) is 0 Å². The number of rotatable bonds is 6. The fourth-order valence-electron chi connectivity index (χ4n) is 1.35. The number of halogens is 12. The SMILES string of the molecule is C=CCOCC(F)(C(F)C(F)(C(F)(F)F)C(F)(F)F)C(F)(F)F.CC. The lowest BCUT2D eigenvalue weighted by atomic mass is 9.85. The van der Waals surface area contributed by atoms with Gasteiger partial charge in [-0.05, 0) is 0 Å². The van der Waals surface area contributed by atoms with Crippen LogP contribution in [0.3, 0.4) is 0 Å². The third kappa shape index (κ3) is 5.17. The van der Waals surface area contributed by atoms with Crippen molar-refractivity contribution < 1.29 is 57.4 Å². The molecule has 25 heavy (non-hydrogen) atoms. The quantitative estimate of drug-likeness (QED) is 0.317. The van der Waals surface area contributed by atoms with E-state index < -0.39 is 49.3 Å². The molecule has 0 aliphatic carbocycles. The molecule has 2 atom stereocenters. The molecule has 0 spiro atoms. The Bertz CT molecular complexity index is 396. The van der Waals surface area contributed by atoms with Crippen LogP contribution in [0.25, 0.3) is 0 Å². The Morgan fingerprint density at radius 1 is 0.800 bits per heavy atom. The summed E-state index contributed by atoms with van der Waals surface area (Å²) in [6.07, 6.45) is -26.1. The molecule has 13 heteroatoms. The van der Waals surface area contributed by atoms with E-state index in [1.807, 2.05) is 13.8 Å². The average molecular weight is 402 g/mol. The molecule has 0 aromatic carbocycles. The lowest BCUT2D eigenvalue weighted by molar-refractivity contribution is -0.384. The Hall–Kier alpha value is -1.14. The highest BCUT2D eigenvalue weighted by molar-refractivity contribution is 5.11. The van der Waals surface area contributed by atoms with Crippen LogP contribution < -0.4 is 0 Å². The summed E-state index contributed by atoms with van der Waals surface area (Å²) in [7, 11) is 0. The fraction of sp³-hybridized carbons (Fsp3) is 0.833. The van der Waals surface area contributed by atoms with E-state index in [4.69, 9.17) is 0 Å². The summed E-state index contributed by atoms with van der Waals surface area (Å²) in [4.78, 5) is 0. The van der Waals surface area contributed by atoms with E-state index in [1.165, 1.54) is 0 Å². The highest BCUT2D eigenvalue weighted by atomic mass is 19.4. The van der Waals surface area contributed by atoms with E-state index in [0.717, 1.165) is 0 Å². The van der Waals surface area contributed by atoms with E-state index in [1.54, 1.807) is 0 Å². The minimum atomic E-state index is -7.20. The van der Waals surface area contributed by atoms with Gasteiger partial charge in [-0.1, -0.05) is 19.9 Å². The zero-order valence-electron chi connectivity index (χ0n) is 12.7. The maximum Gasteiger partial charge on any atom is 0.434 e. The Morgan fingerprint density at radius 3 is 1.40 bits per heavy atom. The lowest BCUT2D eigenvalue weighted by Gasteiger charge is -2.39. The van der Waals surface area contributed by atoms with Gasteiger partial charge in [-0.2, -0.15) is 39.5 Å². The molecule has 152 valence electrons. The van der Waals surface area contributed by atoms with Crippen molar-refractivity contribution in [3.63, 3.8) is 0 Å². The van der Waals surface area contributed by atoms with Crippen molar-refractivity contribution >= 4 is 0 Å². The van der Waals surface area contributed by atoms with Gasteiger partial charge in [0.15, 0.2) is 6.17 Å². The molecule has 0 aliphatic rings. The molecule has 0 radical (unpaired) electrons. The van der Waals surface area contributed by atoms with Gasteiger partial charge in [-0.3, -0.25) is 0 Å². The monoisotopic (exact) mass is 402 g/mol. The zero-order valence-corrected chi connectivity index (χ0v) is 12.7. The second-order valence-electron chi connectivity index (χ2n) is 4.23. The number of hydrogen-bond acceptors (Lipinski definition) is 1. The first-order chi connectivity index (χ1) is 11.0. The van der Waals surface area contributed by atoms with Gasteiger partial charge in [0.25, 0.3) is 5.67 Å². The van der Waals surface area contributed by atoms with Crippen LogP contribution in [0.5, 0.6) is 0 Å². The van der Waals surface area contributed by atoms with Crippen molar-refractivity contribution in [2.24, 2.45) is 0 Å². The second-order valence-corrected chi connectivity index (χ2v) is 4.23. The van der Waals surface area contributed by atoms with Gasteiger partial charge in [0, 0.05) is 0 Å². The van der Waals surface area contributed by atoms with E-state index in [0.29, 0.717) is 6.08 Å². The minimum Gasteiger partial charge on any atom is -0.374 e. The average Bonchev–Trinajstić information content (AvgIpc) is 2.44. The van der Waals surface area contributed by atoms with Crippen molar-refractivity contribution in [1.82, 2.24) is 0 Å². The molecule has 0 fully saturated rings. The van der Waals surface area contributed by atoms with E-state index in [-0.39, 0.29) is 0 Å². The molecule has 0 saturated carbocycles. The highest BCUT2D eigenvalue weighted by Gasteiger charge is 2.83. The van der Waals surface area contributed by atoms with Crippen molar-refractivity contribution in [1.29, 1.82) is 0 Å². The van der Waals surface area contributed by atoms with Gasteiger partial charge < -0.3 is 4.74 Å². The largest absolute Gasteiger partial charge is 0.434 e. The third-order valence-electron chi connectivity index (χ3n) is 2.60. The van der Waals surface area contributed by atoms with Gasteiger partial charge in [0.05, 0.1) is 13.2 Å². The molecule has 0 aliphatic heterocycles. The Kier molecular flexibility index (Phi) is 8.87. The fourth-order valence-corrected chi connectivity index (χ4v) is 1.35. The van der Waals surface area contributed by atoms with Crippen LogP contribution in [0.2, 0.25) is 0 Å². The topological polar surface area (TPSA) is 9.23 Å². The maximum absolute atomic E-state index is 13.7. The summed E-state index contributed by atoms with van der Waals surface area (Å²) >= 11 is 0. The zero-order chi connectivity index (χ0) is 20.9. The summed E-state index contributed by atoms with van der Waals surface area (Å²) in [6.45, 7) is 3.25. The molecule has 0 rings (SSSR count). The van der Waals surface area contributed by atoms with Crippen LogP contribution in [-0.2, 0) is 4.74 Å². The first-order valence-corrected chi connectivity index (χ1v) is 6.37. The second kappa shape index (κ2) is 8.49. The molecule has 2 unspecified atom stereocenters. The van der Waals surface area contributed by atoms with Gasteiger partial charge in [0.2, 0.25) is 0 Å². The van der Waals surface area contributed by atoms with Gasteiger partial charge in [-0.25, -0.2) is 13.2 Å². The van der Waals surface area contributed by atoms with Crippen molar-refractivity contribution in [3.05, 3.63) is 12.7 Å². The van der Waals surface area contributed by atoms with E-state index >= 15 is 0 Å². The molecule has 0 heterocycles. The Balaban J connectivity index is 0. The predicted octanol–water partition coefficient (Wildman–Crippen LogP) is 5.66. The summed E-state index contributed by atoms with van der Waals surface area (Å²) in [5.41, 5.74) is -13.0. The van der Waals surface area contributed by atoms with Crippen LogP contribution in [0.4, 0.5) is 52.7 Å². The van der Waals surface area contributed by atoms with Gasteiger partial charge in [-0.15, -0.1) is 6.58 Å². The smallest absolute Gasteiger partial charge is 0.374 e. The summed E-state index contributed by atoms with van der Waals surface area (Å²) < 4.78 is 155. The molecule has 0 N–H and O–H groups in total. The van der Waals surface area contributed by atoms with Gasteiger partial charge >= 0.3 is 24.2 Å². The Morgan fingerprint density at radius 2 is 1.16 bits per heavy atom. The predicted molar refractivity (Wildman–Crippen MR) is 63.1 cm³/mol. The molecule has 0 amide bonds. The van der Waals surface area contributed by atoms with Crippen molar-refractivity contribution in [3.8, 4) is 0 Å². The van der Waals surface area contributed by atoms with Crippen molar-refractivity contribution in [2.75, 3.05) is 13.2 Å². The maximum atomic E-state index is 13.7. The summed E-state index contributed by atoms with van der Waals surface area (Å²) in [5.74, 6) is 0. The summed E-state index contributed by atoms with van der Waals surface area (Å²) in [5, 5.41) is 0. The van der Waals surface area contributed by atoms with Crippen LogP contribution in [0, 0.1) is 0 Å². The molecule has 1 nitrogen and oxygen atoms in total. The normalized spacial score (nSPS) is 17.2. The summed E-state index contributed by atoms with van der Waals surface area (Å²) in [6, 6.07) is 0. The first-order valence-electron chi connectivity index (χ1n) is 6.37. The molecule has 0 aromatic heterocycles. The molecule has 0 aromatic rings. The van der Waals surface area contributed by atoms with E-state index in [9.17, 15) is 52.7 Å². The Labute approximate surface area is 134 Å². The first kappa shape index (κ1) is 26.1. The van der Waals surface area contributed by atoms with Crippen LogP contribution in [-0.4, -0.2) is 49.3 Å². The lowest BCUT2D eigenvalue weighted by Crippen LogP contribution is -2.69. The van der Waals surface area contributed by atoms with Crippen molar-refractivity contribution in [2.45, 2.75) is 49.9 Å². The molecular weight excluding hydrogens is 388 g/mol. The van der Waals surface area contributed by atoms with E-state index in [2.05, 4.69) is 11.3 Å².